The zero-order valence-electron chi connectivity index (χ0n) is 21.5. The third-order valence-electron chi connectivity index (χ3n) is 8.42. The second-order valence-corrected chi connectivity index (χ2v) is 11.4. The fraction of sp³-hybridized carbons (Fsp3) is 0.464. The molecule has 0 saturated carbocycles. The average molecular weight is 583 g/mol. The average Bonchev–Trinajstić information content (AvgIpc) is 3.64. The predicted molar refractivity (Wildman–Crippen MR) is 142 cm³/mol. The van der Waals surface area contributed by atoms with Crippen LogP contribution in [0.4, 0.5) is 9.59 Å². The van der Waals surface area contributed by atoms with Crippen LogP contribution in [-0.2, 0) is 11.3 Å². The number of halogens is 1. The second kappa shape index (κ2) is 9.48. The van der Waals surface area contributed by atoms with E-state index in [1.165, 1.54) is 4.90 Å². The number of amides is 5. The molecule has 2 aromatic rings. The van der Waals surface area contributed by atoms with Crippen molar-refractivity contribution < 1.29 is 23.9 Å². The van der Waals surface area contributed by atoms with Crippen molar-refractivity contribution in [1.82, 2.24) is 20.0 Å². The van der Waals surface area contributed by atoms with E-state index >= 15 is 0 Å². The monoisotopic (exact) mass is 582 g/mol. The maximum Gasteiger partial charge on any atom is 0.328 e. The van der Waals surface area contributed by atoms with Gasteiger partial charge in [-0.25, -0.2) is 9.59 Å². The molecule has 0 radical (unpaired) electrons. The molecule has 0 aliphatic carbocycles. The summed E-state index contributed by atoms with van der Waals surface area (Å²) < 4.78 is 11.9. The van der Waals surface area contributed by atoms with Gasteiger partial charge in [-0.3, -0.25) is 14.6 Å². The number of nitrogens with zero attached hydrogens (tertiary/aromatic N) is 3. The quantitative estimate of drug-likeness (QED) is 0.506. The van der Waals surface area contributed by atoms with Gasteiger partial charge in [-0.15, -0.1) is 0 Å². The summed E-state index contributed by atoms with van der Waals surface area (Å²) >= 11 is 3.51. The van der Waals surface area contributed by atoms with Crippen molar-refractivity contribution in [2.45, 2.75) is 44.8 Å². The number of benzene rings is 2. The van der Waals surface area contributed by atoms with Gasteiger partial charge in [0.25, 0.3) is 5.91 Å². The topological polar surface area (TPSA) is 91.4 Å². The summed E-state index contributed by atoms with van der Waals surface area (Å²) in [6.07, 6.45) is 1.61. The molecule has 0 aromatic heterocycles. The van der Waals surface area contributed by atoms with Gasteiger partial charge in [0.05, 0.1) is 19.1 Å². The van der Waals surface area contributed by atoms with Crippen LogP contribution in [0, 0.1) is 11.8 Å². The zero-order valence-corrected chi connectivity index (χ0v) is 23.1. The first-order chi connectivity index (χ1) is 18.4. The highest BCUT2D eigenvalue weighted by atomic mass is 79.9. The number of likely N-dealkylation sites (tertiary alicyclic amines) is 1. The molecule has 0 bridgehead atoms. The normalized spacial score (nSPS) is 27.2. The van der Waals surface area contributed by atoms with E-state index in [4.69, 9.17) is 9.47 Å². The molecule has 4 heterocycles. The number of imide groups is 1. The van der Waals surface area contributed by atoms with Crippen molar-refractivity contribution in [2.75, 3.05) is 26.4 Å². The molecule has 38 heavy (non-hydrogen) atoms. The van der Waals surface area contributed by atoms with E-state index < -0.39 is 5.54 Å². The Hall–Kier alpha value is -3.27. The minimum Gasteiger partial charge on any atom is -0.454 e. The van der Waals surface area contributed by atoms with Crippen molar-refractivity contribution in [3.63, 3.8) is 0 Å². The highest BCUT2D eigenvalue weighted by molar-refractivity contribution is 9.10. The van der Waals surface area contributed by atoms with Crippen LogP contribution in [0.3, 0.4) is 0 Å². The molecule has 0 unspecified atom stereocenters. The number of rotatable bonds is 6. The molecule has 4 aliphatic rings. The smallest absolute Gasteiger partial charge is 0.328 e. The Kier molecular flexibility index (Phi) is 6.25. The largest absolute Gasteiger partial charge is 0.454 e. The zero-order chi connectivity index (χ0) is 26.6. The fourth-order valence-corrected chi connectivity index (χ4v) is 7.02. The summed E-state index contributed by atoms with van der Waals surface area (Å²) in [5.74, 6) is 0.913. The van der Waals surface area contributed by atoms with Crippen molar-refractivity contribution in [3.8, 4) is 11.5 Å². The summed E-state index contributed by atoms with van der Waals surface area (Å²) in [7, 11) is 0. The van der Waals surface area contributed by atoms with Crippen LogP contribution in [0.2, 0.25) is 0 Å². The summed E-state index contributed by atoms with van der Waals surface area (Å²) in [5.41, 5.74) is 0.699. The maximum atomic E-state index is 14.4. The summed E-state index contributed by atoms with van der Waals surface area (Å²) in [4.78, 5) is 46.4. The lowest BCUT2D eigenvalue weighted by Gasteiger charge is -2.33. The number of carbonyl (C=O) groups is 3. The minimum atomic E-state index is -1.09. The molecule has 1 N–H and O–H groups in total. The van der Waals surface area contributed by atoms with Gasteiger partial charge in [0.2, 0.25) is 6.79 Å². The van der Waals surface area contributed by atoms with Crippen LogP contribution in [0.25, 0.3) is 0 Å². The molecule has 4 aliphatic heterocycles. The van der Waals surface area contributed by atoms with Crippen molar-refractivity contribution in [2.24, 2.45) is 11.8 Å². The van der Waals surface area contributed by atoms with Crippen LogP contribution in [0.5, 0.6) is 11.5 Å². The minimum absolute atomic E-state index is 0.0424. The second-order valence-electron chi connectivity index (χ2n) is 10.4. The van der Waals surface area contributed by atoms with Crippen molar-refractivity contribution in [3.05, 3.63) is 58.1 Å². The Labute approximate surface area is 230 Å². The van der Waals surface area contributed by atoms with Gasteiger partial charge >= 0.3 is 12.1 Å². The van der Waals surface area contributed by atoms with E-state index in [-0.39, 0.29) is 55.7 Å². The van der Waals surface area contributed by atoms with Gasteiger partial charge in [-0.1, -0.05) is 54.4 Å². The molecule has 2 aromatic carbocycles. The van der Waals surface area contributed by atoms with E-state index in [1.807, 2.05) is 43.3 Å². The highest BCUT2D eigenvalue weighted by Crippen LogP contribution is 2.58. The molecule has 3 saturated heterocycles. The lowest BCUT2D eigenvalue weighted by atomic mass is 9.78. The summed E-state index contributed by atoms with van der Waals surface area (Å²) in [5, 5.41) is 2.95. The lowest BCUT2D eigenvalue weighted by molar-refractivity contribution is -0.133. The molecule has 200 valence electrons. The SMILES string of the molecule is CCCNC(=O)N1C[C@@H]2[C@@H](CC)[C@@H](c3ccc(Br)cc3)N3C(=O)N(Cc4ccc5c(c4)OCO5)C(=O)[C@@]23C1. The van der Waals surface area contributed by atoms with Crippen LogP contribution < -0.4 is 14.8 Å². The summed E-state index contributed by atoms with van der Waals surface area (Å²) in [6, 6.07) is 12.7. The molecular weight excluding hydrogens is 552 g/mol. The first-order valence-electron chi connectivity index (χ1n) is 13.2. The van der Waals surface area contributed by atoms with E-state index in [0.717, 1.165) is 28.4 Å². The van der Waals surface area contributed by atoms with Gasteiger partial charge in [-0.05, 0) is 47.7 Å². The molecule has 4 atom stereocenters. The van der Waals surface area contributed by atoms with Gasteiger partial charge in [0, 0.05) is 23.5 Å². The predicted octanol–water partition coefficient (Wildman–Crippen LogP) is 4.51. The van der Waals surface area contributed by atoms with Crippen LogP contribution >= 0.6 is 15.9 Å². The first-order valence-corrected chi connectivity index (χ1v) is 14.0. The van der Waals surface area contributed by atoms with E-state index in [0.29, 0.717) is 24.6 Å². The number of ether oxygens (including phenoxy) is 2. The maximum absolute atomic E-state index is 14.4. The molecular formula is C28H31BrN4O5. The first kappa shape index (κ1) is 25.0. The number of hydrogen-bond acceptors (Lipinski definition) is 5. The number of carbonyl (C=O) groups excluding carboxylic acids is 3. The van der Waals surface area contributed by atoms with Crippen molar-refractivity contribution in [1.29, 1.82) is 0 Å². The Morgan fingerprint density at radius 2 is 1.87 bits per heavy atom. The van der Waals surface area contributed by atoms with Gasteiger partial charge in [-0.2, -0.15) is 0 Å². The highest BCUT2D eigenvalue weighted by Gasteiger charge is 2.73. The fourth-order valence-electron chi connectivity index (χ4n) is 6.76. The summed E-state index contributed by atoms with van der Waals surface area (Å²) in [6.45, 7) is 5.59. The third-order valence-corrected chi connectivity index (χ3v) is 8.95. The Bertz CT molecular complexity index is 1290. The number of nitrogens with one attached hydrogen (secondary N) is 1. The molecule has 10 heteroatoms. The van der Waals surface area contributed by atoms with E-state index in [9.17, 15) is 14.4 Å². The third kappa shape index (κ3) is 3.67. The molecule has 5 amide bonds. The van der Waals surface area contributed by atoms with Gasteiger partial charge < -0.3 is 19.7 Å². The van der Waals surface area contributed by atoms with Crippen molar-refractivity contribution >= 4 is 33.9 Å². The Balaban J connectivity index is 1.39. The molecule has 3 fully saturated rings. The van der Waals surface area contributed by atoms with Crippen LogP contribution in [0.15, 0.2) is 46.9 Å². The van der Waals surface area contributed by atoms with Gasteiger partial charge in [0.1, 0.15) is 5.54 Å². The van der Waals surface area contributed by atoms with Gasteiger partial charge in [0.15, 0.2) is 11.5 Å². The number of urea groups is 2. The Morgan fingerprint density at radius 3 is 2.61 bits per heavy atom. The number of fused-ring (bicyclic) bond motifs is 1. The van der Waals surface area contributed by atoms with Crippen LogP contribution in [-0.4, -0.2) is 64.6 Å². The molecule has 6 rings (SSSR count). The standard InChI is InChI=1S/C28H31BrN4O5/c1-3-11-30-26(35)31-14-21-20(4-2)24(18-6-8-19(29)9-7-18)33-27(36)32(25(34)28(21,33)15-31)13-17-5-10-22-23(12-17)38-16-37-22/h5-10,12,20-21,24H,3-4,11,13-16H2,1-2H3,(H,30,35)/t20-,21-,24-,28-/m1/s1. The molecule has 1 spiro atoms. The van der Waals surface area contributed by atoms with Crippen LogP contribution in [0.1, 0.15) is 43.9 Å². The molecule has 9 nitrogen and oxygen atoms in total. The van der Waals surface area contributed by atoms with E-state index in [2.05, 4.69) is 28.2 Å². The van der Waals surface area contributed by atoms with E-state index in [1.54, 1.807) is 15.9 Å². The number of hydrogen-bond donors (Lipinski definition) is 1. The Morgan fingerprint density at radius 1 is 1.11 bits per heavy atom. The lowest BCUT2D eigenvalue weighted by Crippen LogP contribution is -2.52.